The Balaban J connectivity index is 2.34. The Morgan fingerprint density at radius 2 is 1.75 bits per heavy atom. The van der Waals surface area contributed by atoms with Crippen LogP contribution < -0.4 is 5.73 Å². The van der Waals surface area contributed by atoms with Crippen LogP contribution in [0.5, 0.6) is 0 Å². The maximum Gasteiger partial charge on any atom is 0.256 e. The third kappa shape index (κ3) is 3.71. The number of hydrogen-bond acceptors (Lipinski definition) is 5. The molecule has 0 aliphatic carbocycles. The lowest BCUT2D eigenvalue weighted by atomic mass is 10.1. The molecule has 0 spiro atoms. The van der Waals surface area contributed by atoms with Gasteiger partial charge in [-0.25, -0.2) is 8.42 Å². The minimum atomic E-state index is -3.61. The van der Waals surface area contributed by atoms with Crippen LogP contribution in [0, 0.1) is 0 Å². The number of hydrogen-bond donors (Lipinski definition) is 1. The number of anilines is 1. The van der Waals surface area contributed by atoms with Crippen molar-refractivity contribution in [1.29, 1.82) is 0 Å². The molecule has 1 aliphatic heterocycles. The van der Waals surface area contributed by atoms with Crippen LogP contribution in [0.4, 0.5) is 5.69 Å². The maximum atomic E-state index is 12.7. The minimum Gasteiger partial charge on any atom is -0.398 e. The maximum absolute atomic E-state index is 12.7. The van der Waals surface area contributed by atoms with Gasteiger partial charge in [-0.2, -0.15) is 4.31 Å². The molecule has 0 atom stereocenters. The number of nitrogens with zero attached hydrogens (tertiary/aromatic N) is 3. The highest BCUT2D eigenvalue weighted by atomic mass is 32.2. The lowest BCUT2D eigenvalue weighted by Crippen LogP contribution is -2.47. The van der Waals surface area contributed by atoms with E-state index in [-0.39, 0.29) is 16.4 Å². The summed E-state index contributed by atoms with van der Waals surface area (Å²) in [4.78, 5) is 16.7. The Morgan fingerprint density at radius 1 is 1.17 bits per heavy atom. The van der Waals surface area contributed by atoms with Crippen LogP contribution in [0.25, 0.3) is 0 Å². The fourth-order valence-corrected chi connectivity index (χ4v) is 4.26. The van der Waals surface area contributed by atoms with Gasteiger partial charge in [0.2, 0.25) is 10.0 Å². The van der Waals surface area contributed by atoms with Gasteiger partial charge in [0.15, 0.2) is 0 Å². The van der Waals surface area contributed by atoms with Gasteiger partial charge < -0.3 is 15.5 Å². The summed E-state index contributed by atoms with van der Waals surface area (Å²) in [5.41, 5.74) is 6.50. The van der Waals surface area contributed by atoms with Crippen molar-refractivity contribution in [3.8, 4) is 0 Å². The molecule has 0 unspecified atom stereocenters. The van der Waals surface area contributed by atoms with Crippen molar-refractivity contribution in [2.75, 3.05) is 52.0 Å². The molecular weight excluding hydrogens is 328 g/mol. The molecule has 0 saturated carbocycles. The number of nitrogens with two attached hydrogens (primary N) is 1. The van der Waals surface area contributed by atoms with Gasteiger partial charge >= 0.3 is 0 Å². The second-order valence-electron chi connectivity index (χ2n) is 5.93. The number of benzene rings is 1. The zero-order valence-electron chi connectivity index (χ0n) is 14.5. The van der Waals surface area contributed by atoms with Crippen LogP contribution >= 0.6 is 0 Å². The molecular formula is C16H26N4O3S. The molecule has 0 aromatic heterocycles. The van der Waals surface area contributed by atoms with Crippen LogP contribution in [0.3, 0.4) is 0 Å². The highest BCUT2D eigenvalue weighted by molar-refractivity contribution is 7.89. The van der Waals surface area contributed by atoms with Gasteiger partial charge in [-0.3, -0.25) is 4.79 Å². The smallest absolute Gasteiger partial charge is 0.256 e. The molecule has 1 aromatic carbocycles. The van der Waals surface area contributed by atoms with Gasteiger partial charge in [-0.05, 0) is 25.2 Å². The van der Waals surface area contributed by atoms with E-state index in [2.05, 4.69) is 4.90 Å². The highest BCUT2D eigenvalue weighted by Crippen LogP contribution is 2.23. The summed E-state index contributed by atoms with van der Waals surface area (Å²) >= 11 is 0. The molecule has 134 valence electrons. The minimum absolute atomic E-state index is 0.109. The molecule has 1 saturated heterocycles. The number of sulfonamides is 1. The van der Waals surface area contributed by atoms with Gasteiger partial charge in [-0.15, -0.1) is 0 Å². The van der Waals surface area contributed by atoms with Crippen molar-refractivity contribution in [3.05, 3.63) is 23.8 Å². The zero-order chi connectivity index (χ0) is 17.9. The Morgan fingerprint density at radius 3 is 2.29 bits per heavy atom. The fourth-order valence-electron chi connectivity index (χ4n) is 2.77. The van der Waals surface area contributed by atoms with Crippen molar-refractivity contribution in [2.45, 2.75) is 18.7 Å². The summed E-state index contributed by atoms with van der Waals surface area (Å²) in [6.45, 7) is 7.15. The topological polar surface area (TPSA) is 86.9 Å². The van der Waals surface area contributed by atoms with Crippen molar-refractivity contribution >= 4 is 21.6 Å². The van der Waals surface area contributed by atoms with E-state index in [1.807, 2.05) is 7.05 Å². The first kappa shape index (κ1) is 18.7. The fraction of sp³-hybridized carbons (Fsp3) is 0.562. The van der Waals surface area contributed by atoms with Crippen LogP contribution in [0.2, 0.25) is 0 Å². The van der Waals surface area contributed by atoms with Crippen LogP contribution in [0.1, 0.15) is 24.2 Å². The molecule has 1 aliphatic rings. The molecule has 8 heteroatoms. The van der Waals surface area contributed by atoms with E-state index in [1.165, 1.54) is 22.5 Å². The first-order chi connectivity index (χ1) is 11.3. The zero-order valence-corrected chi connectivity index (χ0v) is 15.3. The number of carbonyl (C=O) groups is 1. The summed E-state index contributed by atoms with van der Waals surface area (Å²) in [6.07, 6.45) is 0. The summed E-state index contributed by atoms with van der Waals surface area (Å²) in [5.74, 6) is -0.211. The number of amides is 1. The second-order valence-corrected chi connectivity index (χ2v) is 7.87. The first-order valence-corrected chi connectivity index (χ1v) is 9.62. The molecule has 1 fully saturated rings. The Bertz CT molecular complexity index is 693. The average Bonchev–Trinajstić information content (AvgIpc) is 2.56. The van der Waals surface area contributed by atoms with Gasteiger partial charge in [0.25, 0.3) is 5.91 Å². The van der Waals surface area contributed by atoms with E-state index in [9.17, 15) is 13.2 Å². The SMILES string of the molecule is CCN(CC)S(=O)(=O)c1ccc(N)c(C(=O)N2CCN(C)CC2)c1. The number of nitrogen functional groups attached to an aromatic ring is 1. The summed E-state index contributed by atoms with van der Waals surface area (Å²) < 4.78 is 26.7. The molecule has 7 nitrogen and oxygen atoms in total. The molecule has 1 amide bonds. The number of likely N-dealkylation sites (N-methyl/N-ethyl adjacent to an activating group) is 1. The first-order valence-electron chi connectivity index (χ1n) is 8.18. The van der Waals surface area contributed by atoms with E-state index in [0.717, 1.165) is 13.1 Å². The monoisotopic (exact) mass is 354 g/mol. The normalized spacial score (nSPS) is 16.6. The van der Waals surface area contributed by atoms with Crippen LogP contribution in [-0.4, -0.2) is 74.7 Å². The molecule has 2 N–H and O–H groups in total. The summed E-state index contributed by atoms with van der Waals surface area (Å²) in [5, 5.41) is 0. The van der Waals surface area contributed by atoms with Crippen molar-refractivity contribution in [1.82, 2.24) is 14.1 Å². The van der Waals surface area contributed by atoms with Crippen molar-refractivity contribution in [2.24, 2.45) is 0 Å². The standard InChI is InChI=1S/C16H26N4O3S/c1-4-20(5-2)24(22,23)13-6-7-15(17)14(12-13)16(21)19-10-8-18(3)9-11-19/h6-7,12H,4-5,8-11,17H2,1-3H3. The molecule has 0 bridgehead atoms. The van der Waals surface area contributed by atoms with E-state index in [0.29, 0.717) is 31.9 Å². The van der Waals surface area contributed by atoms with Crippen LogP contribution in [-0.2, 0) is 10.0 Å². The van der Waals surface area contributed by atoms with Crippen LogP contribution in [0.15, 0.2) is 23.1 Å². The lowest BCUT2D eigenvalue weighted by molar-refractivity contribution is 0.0665. The largest absolute Gasteiger partial charge is 0.398 e. The van der Waals surface area contributed by atoms with E-state index < -0.39 is 10.0 Å². The van der Waals surface area contributed by atoms with E-state index in [1.54, 1.807) is 18.7 Å². The lowest BCUT2D eigenvalue weighted by Gasteiger charge is -2.32. The quantitative estimate of drug-likeness (QED) is 0.786. The third-order valence-corrected chi connectivity index (χ3v) is 6.43. The number of piperazine rings is 1. The van der Waals surface area contributed by atoms with E-state index >= 15 is 0 Å². The van der Waals surface area contributed by atoms with Gasteiger partial charge in [0.05, 0.1) is 10.5 Å². The second kappa shape index (κ2) is 7.50. The predicted molar refractivity (Wildman–Crippen MR) is 94.4 cm³/mol. The summed E-state index contributed by atoms with van der Waals surface area (Å²) in [7, 11) is -1.61. The molecule has 24 heavy (non-hydrogen) atoms. The van der Waals surface area contributed by atoms with Gasteiger partial charge in [-0.1, -0.05) is 13.8 Å². The van der Waals surface area contributed by atoms with Crippen molar-refractivity contribution < 1.29 is 13.2 Å². The molecule has 1 heterocycles. The Kier molecular flexibility index (Phi) is 5.84. The molecule has 2 rings (SSSR count). The van der Waals surface area contributed by atoms with E-state index in [4.69, 9.17) is 5.73 Å². The highest BCUT2D eigenvalue weighted by Gasteiger charge is 2.26. The predicted octanol–water partition coefficient (Wildman–Crippen LogP) is 0.687. The summed E-state index contributed by atoms with van der Waals surface area (Å²) in [6, 6.07) is 4.37. The average molecular weight is 354 g/mol. The number of carbonyl (C=O) groups excluding carboxylic acids is 1. The Labute approximate surface area is 144 Å². The molecule has 1 aromatic rings. The Hall–Kier alpha value is -1.64. The number of rotatable bonds is 5. The van der Waals surface area contributed by atoms with Gasteiger partial charge in [0.1, 0.15) is 0 Å². The van der Waals surface area contributed by atoms with Gasteiger partial charge in [0, 0.05) is 45.0 Å². The third-order valence-electron chi connectivity index (χ3n) is 4.39. The van der Waals surface area contributed by atoms with Crippen molar-refractivity contribution in [3.63, 3.8) is 0 Å². The molecule has 0 radical (unpaired) electrons.